The number of aryl methyl sites for hydroxylation is 6. The van der Waals surface area contributed by atoms with Crippen molar-refractivity contribution in [2.24, 2.45) is 0 Å². The van der Waals surface area contributed by atoms with Crippen molar-refractivity contribution >= 4 is 62.0 Å². The molecule has 0 spiro atoms. The van der Waals surface area contributed by atoms with Crippen LogP contribution in [-0.2, 0) is 0 Å². The zero-order chi connectivity index (χ0) is 50.1. The molecule has 0 aliphatic rings. The molecular weight excluding hydrogens is 889 g/mol. The number of nitrogens with zero attached hydrogens (tertiary/aromatic N) is 1. The fraction of sp³-hybridized carbons (Fsp3) is 0.0896. The number of pyridine rings is 1. The van der Waals surface area contributed by atoms with E-state index in [0.29, 0.717) is 0 Å². The standard InChI is InChI=1S/C44H41B.C14H12O.C9H7NO.Al/c1-8-35-19-21-38(22-20-35)41-27-33(6)44(34(7)28-41)45(42-29(2)23-39(24-30(42)3)36-15-11-9-12-16-36)43-31(4)25-40(26-32(43)5)37-17-13-10-14-18-37;1-2-11-3-5-12(6-4-11)13-7-9-14(15)10-8-13;11-8-5-1-3-7-4-2-6-10-9(7)8;/h8-28H,1H2,2-7H3;2-10,15H,1H2;1-6,11H;/q;;;+2/p-2. The zero-order valence-electron chi connectivity index (χ0n) is 42.1. The highest BCUT2D eigenvalue weighted by atomic mass is 27.2. The monoisotopic (exact) mass is 946 g/mol. The Labute approximate surface area is 433 Å². The van der Waals surface area contributed by atoms with Crippen LogP contribution >= 0.6 is 0 Å². The highest BCUT2D eigenvalue weighted by Crippen LogP contribution is 2.29. The van der Waals surface area contributed by atoms with Crippen LogP contribution in [0, 0.1) is 41.5 Å². The van der Waals surface area contributed by atoms with Crippen LogP contribution in [0.3, 0.4) is 0 Å². The third-order valence-electron chi connectivity index (χ3n) is 13.6. The molecule has 10 aromatic rings. The summed E-state index contributed by atoms with van der Waals surface area (Å²) in [5, 5.41) is 1.06. The maximum Gasteiger partial charge on any atom is 0.881 e. The summed E-state index contributed by atoms with van der Waals surface area (Å²) in [5.74, 6) is 1.55. The summed E-state index contributed by atoms with van der Waals surface area (Å²) in [6.07, 6.45) is 5.51. The van der Waals surface area contributed by atoms with E-state index in [2.05, 4.69) is 217 Å². The highest BCUT2D eigenvalue weighted by molar-refractivity contribution is 6.97. The van der Waals surface area contributed by atoms with Crippen LogP contribution in [0.5, 0.6) is 11.5 Å². The number of para-hydroxylation sites is 1. The molecule has 72 heavy (non-hydrogen) atoms. The Morgan fingerprint density at radius 1 is 0.389 bits per heavy atom. The van der Waals surface area contributed by atoms with Crippen LogP contribution in [-0.4, -0.2) is 27.6 Å². The maximum atomic E-state index is 5.85. The van der Waals surface area contributed by atoms with Crippen molar-refractivity contribution in [3.8, 4) is 56.0 Å². The number of benzene rings is 9. The normalized spacial score (nSPS) is 10.8. The first-order valence-electron chi connectivity index (χ1n) is 24.6. The Bertz CT molecular complexity index is 3350. The summed E-state index contributed by atoms with van der Waals surface area (Å²) >= 11 is -0.674. The van der Waals surface area contributed by atoms with Crippen molar-refractivity contribution in [3.05, 3.63) is 264 Å². The Morgan fingerprint density at radius 3 is 1.18 bits per heavy atom. The predicted molar refractivity (Wildman–Crippen MR) is 310 cm³/mol. The lowest BCUT2D eigenvalue weighted by Crippen LogP contribution is -2.57. The first kappa shape index (κ1) is 49.1. The van der Waals surface area contributed by atoms with Crippen molar-refractivity contribution in [1.82, 2.24) is 4.98 Å². The van der Waals surface area contributed by atoms with Gasteiger partial charge in [-0.2, -0.15) is 0 Å². The molecule has 0 aliphatic carbocycles. The van der Waals surface area contributed by atoms with E-state index in [-0.39, 0.29) is 6.71 Å². The van der Waals surface area contributed by atoms with Gasteiger partial charge < -0.3 is 7.58 Å². The third kappa shape index (κ3) is 11.0. The van der Waals surface area contributed by atoms with E-state index in [9.17, 15) is 0 Å². The van der Waals surface area contributed by atoms with Gasteiger partial charge in [-0.3, -0.25) is 4.98 Å². The number of hydrogen-bond donors (Lipinski definition) is 0. The zero-order valence-corrected chi connectivity index (χ0v) is 43.3. The minimum Gasteiger partial charge on any atom is -0.616 e. The smallest absolute Gasteiger partial charge is 0.616 e. The average molecular weight is 947 g/mol. The van der Waals surface area contributed by atoms with Gasteiger partial charge in [0.05, 0.1) is 5.75 Å². The summed E-state index contributed by atoms with van der Waals surface area (Å²) in [7, 11) is 0. The molecule has 1 radical (unpaired) electrons. The molecular formula is C67H58AlBNO2. The quantitative estimate of drug-likeness (QED) is 0.108. The number of rotatable bonds is 13. The fourth-order valence-electron chi connectivity index (χ4n) is 10.1. The molecule has 349 valence electrons. The Morgan fingerprint density at radius 2 is 0.764 bits per heavy atom. The lowest BCUT2D eigenvalue weighted by atomic mass is 9.33. The molecule has 9 aromatic carbocycles. The lowest BCUT2D eigenvalue weighted by molar-refractivity contribution is 0.461. The van der Waals surface area contributed by atoms with Crippen LogP contribution in [0.15, 0.2) is 220 Å². The largest absolute Gasteiger partial charge is 0.881 e. The van der Waals surface area contributed by atoms with Gasteiger partial charge in [0.1, 0.15) is 11.3 Å². The molecule has 0 N–H and O–H groups in total. The van der Waals surface area contributed by atoms with E-state index >= 15 is 0 Å². The topological polar surface area (TPSA) is 31.4 Å². The van der Waals surface area contributed by atoms with Gasteiger partial charge in [0.2, 0.25) is 6.71 Å². The summed E-state index contributed by atoms with van der Waals surface area (Å²) < 4.78 is 11.7. The maximum absolute atomic E-state index is 5.85. The molecule has 3 nitrogen and oxygen atoms in total. The van der Waals surface area contributed by atoms with Gasteiger partial charge in [-0.15, -0.1) is 0 Å². The first-order chi connectivity index (χ1) is 35.1. The highest BCUT2D eigenvalue weighted by Gasteiger charge is 2.31. The lowest BCUT2D eigenvalue weighted by Gasteiger charge is -2.28. The van der Waals surface area contributed by atoms with E-state index in [0.717, 1.165) is 44.7 Å². The fourth-order valence-corrected chi connectivity index (χ4v) is 10.7. The van der Waals surface area contributed by atoms with Crippen molar-refractivity contribution < 1.29 is 7.58 Å². The van der Waals surface area contributed by atoms with Gasteiger partial charge in [0.15, 0.2) is 0 Å². The molecule has 5 heteroatoms. The molecule has 10 rings (SSSR count). The van der Waals surface area contributed by atoms with Gasteiger partial charge in [-0.1, -0.05) is 251 Å². The van der Waals surface area contributed by atoms with Crippen LogP contribution < -0.4 is 24.0 Å². The Hall–Kier alpha value is -7.93. The number of fused-ring (bicyclic) bond motifs is 1. The number of aromatic nitrogens is 1. The molecule has 1 heterocycles. The van der Waals surface area contributed by atoms with Crippen LogP contribution in [0.1, 0.15) is 44.5 Å². The second-order valence-electron chi connectivity index (χ2n) is 18.6. The van der Waals surface area contributed by atoms with E-state index < -0.39 is 15.9 Å². The molecule has 0 fully saturated rings. The SMILES string of the molecule is C=Cc1ccc(-c2cc(C)c(B(c3c(C)cc(-c4ccccc4)cc3C)c3c(C)cc(-c4ccccc4)cc3C)c(C)c2)cc1.C=Cc1ccc(-c2ccc([O][Al][O]c3cccc4cccnc34)cc2)cc1. The molecule has 0 saturated heterocycles. The number of hydrogen-bond acceptors (Lipinski definition) is 3. The van der Waals surface area contributed by atoms with Gasteiger partial charge >= 0.3 is 15.9 Å². The minimum absolute atomic E-state index is 0.108. The minimum atomic E-state index is -0.674. The predicted octanol–water partition coefficient (Wildman–Crippen LogP) is 15.2. The van der Waals surface area contributed by atoms with Gasteiger partial charge in [0.25, 0.3) is 0 Å². The Kier molecular flexibility index (Phi) is 15.3. The van der Waals surface area contributed by atoms with Gasteiger partial charge in [-0.25, -0.2) is 0 Å². The van der Waals surface area contributed by atoms with E-state index in [1.54, 1.807) is 6.20 Å². The molecule has 0 unspecified atom stereocenters. The van der Waals surface area contributed by atoms with Crippen molar-refractivity contribution in [1.29, 1.82) is 0 Å². The van der Waals surface area contributed by atoms with Gasteiger partial charge in [0, 0.05) is 11.6 Å². The van der Waals surface area contributed by atoms with Gasteiger partial charge in [-0.05, 0) is 121 Å². The summed E-state index contributed by atoms with van der Waals surface area (Å²) in [6, 6.07) is 70.6. The average Bonchev–Trinajstić information content (AvgIpc) is 3.41. The van der Waals surface area contributed by atoms with E-state index in [4.69, 9.17) is 7.58 Å². The van der Waals surface area contributed by atoms with E-state index in [1.807, 2.05) is 54.6 Å². The molecule has 0 aliphatic heterocycles. The van der Waals surface area contributed by atoms with Crippen molar-refractivity contribution in [2.45, 2.75) is 41.5 Å². The molecule has 1 aromatic heterocycles. The molecule has 0 saturated carbocycles. The summed E-state index contributed by atoms with van der Waals surface area (Å²) in [5.41, 5.74) is 25.1. The van der Waals surface area contributed by atoms with Crippen molar-refractivity contribution in [3.63, 3.8) is 0 Å². The Balaban J connectivity index is 0.000000201. The summed E-state index contributed by atoms with van der Waals surface area (Å²) in [6.45, 7) is 21.6. The van der Waals surface area contributed by atoms with Crippen LogP contribution in [0.2, 0.25) is 0 Å². The van der Waals surface area contributed by atoms with E-state index in [1.165, 1.54) is 83.1 Å². The van der Waals surface area contributed by atoms with Crippen LogP contribution in [0.25, 0.3) is 67.6 Å². The summed E-state index contributed by atoms with van der Waals surface area (Å²) in [4.78, 5) is 4.39. The van der Waals surface area contributed by atoms with Crippen molar-refractivity contribution in [2.75, 3.05) is 0 Å². The third-order valence-corrected chi connectivity index (χ3v) is 14.3. The molecule has 0 amide bonds. The first-order valence-corrected chi connectivity index (χ1v) is 25.5. The van der Waals surface area contributed by atoms with Crippen LogP contribution in [0.4, 0.5) is 0 Å². The second-order valence-corrected chi connectivity index (χ2v) is 19.2. The molecule has 0 bridgehead atoms. The second kappa shape index (κ2) is 22.4. The molecule has 0 atom stereocenters.